The van der Waals surface area contributed by atoms with Crippen LogP contribution in [0.5, 0.6) is 0 Å². The highest BCUT2D eigenvalue weighted by molar-refractivity contribution is 6.30. The minimum absolute atomic E-state index is 0.764. The Labute approximate surface area is 89.0 Å². The van der Waals surface area contributed by atoms with Gasteiger partial charge in [0.25, 0.3) is 0 Å². The molecule has 1 fully saturated rings. The van der Waals surface area contributed by atoms with Crippen molar-refractivity contribution in [3.63, 3.8) is 0 Å². The molecule has 1 aliphatic heterocycles. The highest BCUT2D eigenvalue weighted by Crippen LogP contribution is 2.16. The van der Waals surface area contributed by atoms with Crippen molar-refractivity contribution in [3.8, 4) is 0 Å². The number of likely N-dealkylation sites (tertiary alicyclic amines) is 1. The number of benzene rings is 1. The van der Waals surface area contributed by atoms with Gasteiger partial charge in [0.2, 0.25) is 0 Å². The normalized spacial score (nSPS) is 16.4. The number of hydrogen-bond donors (Lipinski definition) is 1. The van der Waals surface area contributed by atoms with Gasteiger partial charge in [-0.15, -0.1) is 0 Å². The minimum atomic E-state index is 0.764. The van der Waals surface area contributed by atoms with Crippen LogP contribution in [0.25, 0.3) is 0 Å². The van der Waals surface area contributed by atoms with Gasteiger partial charge in [-0.1, -0.05) is 23.7 Å². The van der Waals surface area contributed by atoms with Crippen LogP contribution in [0.3, 0.4) is 0 Å². The molecule has 0 saturated carbocycles. The molecule has 3 heteroatoms. The van der Waals surface area contributed by atoms with E-state index in [0.717, 1.165) is 36.8 Å². The Bertz CT molecular complexity index is 332. The van der Waals surface area contributed by atoms with Gasteiger partial charge in [0.15, 0.2) is 0 Å². The molecule has 0 amide bonds. The summed E-state index contributed by atoms with van der Waals surface area (Å²) in [5.74, 6) is 0.764. The van der Waals surface area contributed by atoms with Crippen LogP contribution in [0, 0.1) is 5.41 Å². The second-order valence-corrected chi connectivity index (χ2v) is 4.03. The van der Waals surface area contributed by atoms with Crippen LogP contribution in [-0.4, -0.2) is 17.3 Å². The molecule has 74 valence electrons. The summed E-state index contributed by atoms with van der Waals surface area (Å²) in [5, 5.41) is 8.47. The first kappa shape index (κ1) is 9.53. The lowest BCUT2D eigenvalue weighted by molar-refractivity contribution is 0.446. The van der Waals surface area contributed by atoms with Gasteiger partial charge in [-0.2, -0.15) is 0 Å². The van der Waals surface area contributed by atoms with Gasteiger partial charge in [0, 0.05) is 24.5 Å². The van der Waals surface area contributed by atoms with E-state index in [4.69, 9.17) is 17.0 Å². The molecule has 0 aromatic heterocycles. The second kappa shape index (κ2) is 4.01. The van der Waals surface area contributed by atoms with E-state index in [2.05, 4.69) is 4.90 Å². The number of amidine groups is 1. The molecule has 1 aromatic carbocycles. The van der Waals surface area contributed by atoms with Crippen LogP contribution in [0.4, 0.5) is 0 Å². The van der Waals surface area contributed by atoms with Crippen LogP contribution >= 0.6 is 11.6 Å². The lowest BCUT2D eigenvalue weighted by Crippen LogP contribution is -2.23. The Hall–Kier alpha value is -1.02. The summed E-state index contributed by atoms with van der Waals surface area (Å²) < 4.78 is 0. The van der Waals surface area contributed by atoms with Crippen LogP contribution < -0.4 is 0 Å². The van der Waals surface area contributed by atoms with Crippen molar-refractivity contribution >= 4 is 17.4 Å². The fourth-order valence-electron chi connectivity index (χ4n) is 1.72. The molecule has 1 N–H and O–H groups in total. The van der Waals surface area contributed by atoms with Gasteiger partial charge in [-0.3, -0.25) is 5.41 Å². The summed E-state index contributed by atoms with van der Waals surface area (Å²) in [5.41, 5.74) is 1.22. The standard InChI is InChI=1S/C11H13ClN2/c12-10-5-3-9(4-6-10)8-14-7-1-2-11(14)13/h3-6,13H,1-2,7-8H2. The van der Waals surface area contributed by atoms with Crippen molar-refractivity contribution in [2.75, 3.05) is 6.54 Å². The number of rotatable bonds is 2. The van der Waals surface area contributed by atoms with Gasteiger partial charge in [0.1, 0.15) is 0 Å². The molecule has 0 unspecified atom stereocenters. The van der Waals surface area contributed by atoms with Crippen molar-refractivity contribution in [2.45, 2.75) is 19.4 Å². The molecule has 0 atom stereocenters. The Balaban J connectivity index is 2.03. The maximum atomic E-state index is 7.70. The Morgan fingerprint density at radius 3 is 2.57 bits per heavy atom. The quantitative estimate of drug-likeness (QED) is 0.795. The number of halogens is 1. The van der Waals surface area contributed by atoms with Crippen LogP contribution in [0.1, 0.15) is 18.4 Å². The van der Waals surface area contributed by atoms with Crippen molar-refractivity contribution in [2.24, 2.45) is 0 Å². The van der Waals surface area contributed by atoms with Crippen molar-refractivity contribution in [1.82, 2.24) is 4.90 Å². The van der Waals surface area contributed by atoms with Gasteiger partial charge in [-0.25, -0.2) is 0 Å². The topological polar surface area (TPSA) is 27.1 Å². The van der Waals surface area contributed by atoms with E-state index in [1.54, 1.807) is 0 Å². The van der Waals surface area contributed by atoms with Gasteiger partial charge >= 0.3 is 0 Å². The van der Waals surface area contributed by atoms with E-state index in [-0.39, 0.29) is 0 Å². The molecule has 0 aliphatic carbocycles. The van der Waals surface area contributed by atoms with Gasteiger partial charge < -0.3 is 4.90 Å². The zero-order chi connectivity index (χ0) is 9.97. The molecule has 0 radical (unpaired) electrons. The van der Waals surface area contributed by atoms with Crippen molar-refractivity contribution in [3.05, 3.63) is 34.9 Å². The average molecular weight is 209 g/mol. The summed E-state index contributed by atoms with van der Waals surface area (Å²) in [6.45, 7) is 1.86. The highest BCUT2D eigenvalue weighted by Gasteiger charge is 2.16. The molecular formula is C11H13ClN2. The fourth-order valence-corrected chi connectivity index (χ4v) is 1.84. The third-order valence-electron chi connectivity index (χ3n) is 2.51. The molecule has 1 aliphatic rings. The van der Waals surface area contributed by atoms with Gasteiger partial charge in [0.05, 0.1) is 5.84 Å². The first-order chi connectivity index (χ1) is 6.75. The summed E-state index contributed by atoms with van der Waals surface area (Å²) >= 11 is 5.80. The monoisotopic (exact) mass is 208 g/mol. The smallest absolute Gasteiger partial charge is 0.0961 e. The molecule has 1 heterocycles. The third kappa shape index (κ3) is 2.07. The third-order valence-corrected chi connectivity index (χ3v) is 2.76. The Morgan fingerprint density at radius 1 is 1.29 bits per heavy atom. The predicted molar refractivity (Wildman–Crippen MR) is 58.8 cm³/mol. The maximum Gasteiger partial charge on any atom is 0.0961 e. The Kier molecular flexibility index (Phi) is 2.73. The van der Waals surface area contributed by atoms with E-state index in [0.29, 0.717) is 0 Å². The summed E-state index contributed by atoms with van der Waals surface area (Å²) in [6, 6.07) is 7.84. The second-order valence-electron chi connectivity index (χ2n) is 3.60. The van der Waals surface area contributed by atoms with E-state index in [1.165, 1.54) is 5.56 Å². The Morgan fingerprint density at radius 2 is 2.00 bits per heavy atom. The molecule has 1 aromatic rings. The molecule has 14 heavy (non-hydrogen) atoms. The minimum Gasteiger partial charge on any atom is -0.356 e. The zero-order valence-electron chi connectivity index (χ0n) is 7.96. The van der Waals surface area contributed by atoms with E-state index >= 15 is 0 Å². The van der Waals surface area contributed by atoms with Crippen molar-refractivity contribution < 1.29 is 0 Å². The van der Waals surface area contributed by atoms with E-state index in [9.17, 15) is 0 Å². The van der Waals surface area contributed by atoms with Gasteiger partial charge in [-0.05, 0) is 24.1 Å². The van der Waals surface area contributed by atoms with Crippen LogP contribution in [0.15, 0.2) is 24.3 Å². The molecule has 1 saturated heterocycles. The molecule has 2 rings (SSSR count). The molecule has 0 bridgehead atoms. The SMILES string of the molecule is N=C1CCCN1Cc1ccc(Cl)cc1. The number of nitrogens with zero attached hydrogens (tertiary/aromatic N) is 1. The summed E-state index contributed by atoms with van der Waals surface area (Å²) in [7, 11) is 0. The van der Waals surface area contributed by atoms with Crippen LogP contribution in [0.2, 0.25) is 5.02 Å². The predicted octanol–water partition coefficient (Wildman–Crippen LogP) is 2.91. The number of hydrogen-bond acceptors (Lipinski definition) is 1. The largest absolute Gasteiger partial charge is 0.356 e. The van der Waals surface area contributed by atoms with Crippen LogP contribution in [-0.2, 0) is 6.54 Å². The maximum absolute atomic E-state index is 7.70. The first-order valence-corrected chi connectivity index (χ1v) is 5.20. The lowest BCUT2D eigenvalue weighted by atomic mass is 10.2. The molecular weight excluding hydrogens is 196 g/mol. The molecule has 2 nitrogen and oxygen atoms in total. The molecule has 0 spiro atoms. The average Bonchev–Trinajstić information content (AvgIpc) is 2.56. The summed E-state index contributed by atoms with van der Waals surface area (Å²) in [6.07, 6.45) is 2.04. The van der Waals surface area contributed by atoms with E-state index in [1.807, 2.05) is 24.3 Å². The fraction of sp³-hybridized carbons (Fsp3) is 0.364. The highest BCUT2D eigenvalue weighted by atomic mass is 35.5. The lowest BCUT2D eigenvalue weighted by Gasteiger charge is -2.17. The first-order valence-electron chi connectivity index (χ1n) is 4.82. The van der Waals surface area contributed by atoms with E-state index < -0.39 is 0 Å². The summed E-state index contributed by atoms with van der Waals surface area (Å²) in [4.78, 5) is 2.11. The zero-order valence-corrected chi connectivity index (χ0v) is 8.72. The number of nitrogens with one attached hydrogen (secondary N) is 1. The van der Waals surface area contributed by atoms with Crippen molar-refractivity contribution in [1.29, 1.82) is 5.41 Å².